The van der Waals surface area contributed by atoms with Crippen LogP contribution < -0.4 is 0 Å². The molecule has 2 aromatic carbocycles. The Balaban J connectivity index is 2.50. The lowest BCUT2D eigenvalue weighted by molar-refractivity contribution is -0.121. The smallest absolute Gasteiger partial charge is 0.154 e. The molecule has 0 aromatic heterocycles. The fourth-order valence-corrected chi connectivity index (χ4v) is 4.09. The van der Waals surface area contributed by atoms with E-state index in [0.717, 1.165) is 10.5 Å². The maximum Gasteiger partial charge on any atom is 0.154 e. The van der Waals surface area contributed by atoms with Crippen LogP contribution in [0.25, 0.3) is 0 Å². The van der Waals surface area contributed by atoms with Crippen LogP contribution in [-0.4, -0.2) is 5.78 Å². The van der Waals surface area contributed by atoms with Crippen LogP contribution in [-0.2, 0) is 9.54 Å². The Labute approximate surface area is 153 Å². The number of thioether (sulfide) groups is 1. The van der Waals surface area contributed by atoms with Crippen molar-refractivity contribution in [3.05, 3.63) is 90.5 Å². The van der Waals surface area contributed by atoms with Crippen LogP contribution in [0.15, 0.2) is 84.8 Å². The zero-order valence-electron chi connectivity index (χ0n) is 13.6. The van der Waals surface area contributed by atoms with E-state index in [1.807, 2.05) is 60.7 Å². The molecule has 0 saturated heterocycles. The van der Waals surface area contributed by atoms with E-state index in [1.165, 1.54) is 0 Å². The average Bonchev–Trinajstić information content (AvgIpc) is 2.60. The van der Waals surface area contributed by atoms with E-state index >= 15 is 0 Å². The second-order valence-electron chi connectivity index (χ2n) is 5.49. The Bertz CT molecular complexity index is 694. The number of carbonyl (C=O) groups is 1. The average molecular weight is 357 g/mol. The van der Waals surface area contributed by atoms with E-state index in [0.29, 0.717) is 24.3 Å². The molecule has 0 N–H and O–H groups in total. The van der Waals surface area contributed by atoms with Gasteiger partial charge in [-0.1, -0.05) is 54.1 Å². The van der Waals surface area contributed by atoms with Crippen molar-refractivity contribution in [2.24, 2.45) is 0 Å². The Hall–Kier alpha value is -1.77. The highest BCUT2D eigenvalue weighted by molar-refractivity contribution is 8.01. The largest absolute Gasteiger partial charge is 0.298 e. The second kappa shape index (κ2) is 8.91. The van der Waals surface area contributed by atoms with Gasteiger partial charge in [0.05, 0.1) is 0 Å². The molecular weight excluding hydrogens is 336 g/mol. The van der Waals surface area contributed by atoms with Crippen molar-refractivity contribution in [2.45, 2.75) is 28.9 Å². The van der Waals surface area contributed by atoms with E-state index in [4.69, 9.17) is 11.6 Å². The summed E-state index contributed by atoms with van der Waals surface area (Å²) in [6.45, 7) is 7.61. The lowest BCUT2D eigenvalue weighted by Crippen LogP contribution is -2.32. The molecule has 0 aliphatic heterocycles. The summed E-state index contributed by atoms with van der Waals surface area (Å²) in [5.74, 6) is 0.179. The molecule has 3 heteroatoms. The van der Waals surface area contributed by atoms with Gasteiger partial charge in [-0.25, -0.2) is 0 Å². The van der Waals surface area contributed by atoms with Crippen LogP contribution in [0.2, 0.25) is 5.02 Å². The number of hydrogen-bond donors (Lipinski definition) is 0. The maximum atomic E-state index is 13.2. The van der Waals surface area contributed by atoms with E-state index in [1.54, 1.807) is 17.8 Å². The zero-order valence-corrected chi connectivity index (χ0v) is 15.2. The lowest BCUT2D eigenvalue weighted by atomic mass is 9.88. The highest BCUT2D eigenvalue weighted by atomic mass is 35.5. The van der Waals surface area contributed by atoms with Gasteiger partial charge in [0.2, 0.25) is 0 Å². The predicted molar refractivity (Wildman–Crippen MR) is 105 cm³/mol. The molecule has 0 bridgehead atoms. The summed E-state index contributed by atoms with van der Waals surface area (Å²) in [4.78, 5) is 14.2. The highest BCUT2D eigenvalue weighted by Gasteiger charge is 2.39. The number of carbonyl (C=O) groups excluding carboxylic acids is 1. The molecule has 0 spiro atoms. The predicted octanol–water partition coefficient (Wildman–Crippen LogP) is 6.44. The molecule has 0 saturated carbocycles. The van der Waals surface area contributed by atoms with Gasteiger partial charge in [0.1, 0.15) is 4.75 Å². The summed E-state index contributed by atoms with van der Waals surface area (Å²) in [5, 5.41) is 0.662. The first-order chi connectivity index (χ1) is 11.6. The Morgan fingerprint density at radius 3 is 2.29 bits per heavy atom. The van der Waals surface area contributed by atoms with Crippen LogP contribution in [0.4, 0.5) is 0 Å². The van der Waals surface area contributed by atoms with Crippen LogP contribution in [0.5, 0.6) is 0 Å². The molecule has 0 heterocycles. The Morgan fingerprint density at radius 1 is 1.04 bits per heavy atom. The SMILES string of the molecule is C=CCCC(=O)C(CC=C)(Sc1ccccc1)c1ccc(Cl)cc1. The molecule has 124 valence electrons. The minimum atomic E-state index is -0.698. The molecule has 0 aliphatic rings. The fraction of sp³-hybridized carbons (Fsp3) is 0.190. The molecule has 0 amide bonds. The zero-order chi connectivity index (χ0) is 17.4. The fourth-order valence-electron chi connectivity index (χ4n) is 2.60. The van der Waals surface area contributed by atoms with Gasteiger partial charge in [0.25, 0.3) is 0 Å². The van der Waals surface area contributed by atoms with Gasteiger partial charge in [-0.05, 0) is 42.7 Å². The third-order valence-corrected chi connectivity index (χ3v) is 5.54. The summed E-state index contributed by atoms with van der Waals surface area (Å²) >= 11 is 7.62. The van der Waals surface area contributed by atoms with Crippen molar-refractivity contribution in [3.8, 4) is 0 Å². The molecule has 0 fully saturated rings. The number of halogens is 1. The third-order valence-electron chi connectivity index (χ3n) is 3.80. The molecule has 0 aliphatic carbocycles. The van der Waals surface area contributed by atoms with Crippen molar-refractivity contribution >= 4 is 29.1 Å². The second-order valence-corrected chi connectivity index (χ2v) is 7.30. The number of Topliss-reactive ketones (excluding diaryl/α,β-unsaturated/α-hetero) is 1. The molecule has 24 heavy (non-hydrogen) atoms. The molecule has 0 radical (unpaired) electrons. The van der Waals surface area contributed by atoms with Crippen LogP contribution in [0, 0.1) is 0 Å². The number of hydrogen-bond acceptors (Lipinski definition) is 2. The summed E-state index contributed by atoms with van der Waals surface area (Å²) in [6.07, 6.45) is 5.28. The van der Waals surface area contributed by atoms with Crippen molar-refractivity contribution in [2.75, 3.05) is 0 Å². The first kappa shape index (κ1) is 18.6. The van der Waals surface area contributed by atoms with Gasteiger partial charge in [-0.15, -0.1) is 24.9 Å². The van der Waals surface area contributed by atoms with Gasteiger partial charge in [-0.3, -0.25) is 4.79 Å². The van der Waals surface area contributed by atoms with Crippen LogP contribution in [0.3, 0.4) is 0 Å². The number of benzene rings is 2. The molecular formula is C21H21ClOS. The van der Waals surface area contributed by atoms with Crippen molar-refractivity contribution in [3.63, 3.8) is 0 Å². The van der Waals surface area contributed by atoms with Gasteiger partial charge < -0.3 is 0 Å². The highest BCUT2D eigenvalue weighted by Crippen LogP contribution is 2.46. The number of allylic oxidation sites excluding steroid dienone is 2. The van der Waals surface area contributed by atoms with Gasteiger partial charge >= 0.3 is 0 Å². The minimum Gasteiger partial charge on any atom is -0.298 e. The van der Waals surface area contributed by atoms with Crippen LogP contribution in [0.1, 0.15) is 24.8 Å². The number of ketones is 1. The Morgan fingerprint density at radius 2 is 1.71 bits per heavy atom. The summed E-state index contributed by atoms with van der Waals surface area (Å²) in [7, 11) is 0. The molecule has 1 atom stereocenters. The molecule has 1 nitrogen and oxygen atoms in total. The summed E-state index contributed by atoms with van der Waals surface area (Å²) in [5.41, 5.74) is 0.953. The van der Waals surface area contributed by atoms with Crippen LogP contribution >= 0.6 is 23.4 Å². The monoisotopic (exact) mass is 356 g/mol. The van der Waals surface area contributed by atoms with Crippen molar-refractivity contribution < 1.29 is 4.79 Å². The standard InChI is InChI=1S/C21H21ClOS/c1-3-5-11-20(23)21(16-4-2,17-12-14-18(22)15-13-17)24-19-9-7-6-8-10-19/h3-4,6-10,12-15H,1-2,5,11,16H2. The third kappa shape index (κ3) is 4.40. The van der Waals surface area contributed by atoms with E-state index in [-0.39, 0.29) is 5.78 Å². The van der Waals surface area contributed by atoms with Crippen molar-refractivity contribution in [1.29, 1.82) is 0 Å². The first-order valence-electron chi connectivity index (χ1n) is 7.87. The molecule has 1 unspecified atom stereocenters. The number of rotatable bonds is 9. The molecule has 2 rings (SSSR count). The molecule has 2 aromatic rings. The van der Waals surface area contributed by atoms with E-state index in [2.05, 4.69) is 13.2 Å². The van der Waals surface area contributed by atoms with Gasteiger partial charge in [-0.2, -0.15) is 0 Å². The van der Waals surface area contributed by atoms with E-state index < -0.39 is 4.75 Å². The maximum absolute atomic E-state index is 13.2. The quantitative estimate of drug-likeness (QED) is 0.380. The summed E-state index contributed by atoms with van der Waals surface area (Å²) < 4.78 is -0.698. The van der Waals surface area contributed by atoms with Crippen molar-refractivity contribution in [1.82, 2.24) is 0 Å². The van der Waals surface area contributed by atoms with Gasteiger partial charge in [0.15, 0.2) is 5.78 Å². The Kier molecular flexibility index (Phi) is 6.89. The normalized spacial score (nSPS) is 13.0. The summed E-state index contributed by atoms with van der Waals surface area (Å²) in [6, 6.07) is 17.5. The van der Waals surface area contributed by atoms with E-state index in [9.17, 15) is 4.79 Å². The topological polar surface area (TPSA) is 17.1 Å². The lowest BCUT2D eigenvalue weighted by Gasteiger charge is -2.32. The minimum absolute atomic E-state index is 0.179. The first-order valence-corrected chi connectivity index (χ1v) is 9.07. The van der Waals surface area contributed by atoms with Gasteiger partial charge in [0, 0.05) is 16.3 Å².